The zero-order valence-corrected chi connectivity index (χ0v) is 13.1. The van der Waals surface area contributed by atoms with Gasteiger partial charge in [-0.05, 0) is 39.5 Å². The fourth-order valence-electron chi connectivity index (χ4n) is 2.48. The summed E-state index contributed by atoms with van der Waals surface area (Å²) in [5.74, 6) is 0.336. The van der Waals surface area contributed by atoms with Crippen molar-refractivity contribution in [1.82, 2.24) is 9.46 Å². The van der Waals surface area contributed by atoms with Crippen LogP contribution < -0.4 is 0 Å². The first-order valence-corrected chi connectivity index (χ1v) is 8.37. The Morgan fingerprint density at radius 3 is 2.65 bits per heavy atom. The minimum Gasteiger partial charge on any atom is -0.378 e. The molecule has 0 saturated carbocycles. The SMILES string of the molecule is Cc1noc(C)c1S(=O)(=O)N(C)CCC1CCCCO1. The van der Waals surface area contributed by atoms with Gasteiger partial charge in [0, 0.05) is 20.2 Å². The maximum Gasteiger partial charge on any atom is 0.248 e. The van der Waals surface area contributed by atoms with E-state index >= 15 is 0 Å². The van der Waals surface area contributed by atoms with Crippen molar-refractivity contribution >= 4 is 10.0 Å². The highest BCUT2D eigenvalue weighted by Crippen LogP contribution is 2.23. The molecule has 6 nitrogen and oxygen atoms in total. The van der Waals surface area contributed by atoms with Crippen molar-refractivity contribution in [1.29, 1.82) is 0 Å². The molecule has 0 aliphatic carbocycles. The molecule has 1 unspecified atom stereocenters. The van der Waals surface area contributed by atoms with E-state index in [-0.39, 0.29) is 11.0 Å². The molecular formula is C13H22N2O4S. The summed E-state index contributed by atoms with van der Waals surface area (Å²) >= 11 is 0. The Morgan fingerprint density at radius 1 is 1.35 bits per heavy atom. The third-order valence-corrected chi connectivity index (χ3v) is 5.78. The van der Waals surface area contributed by atoms with Crippen molar-refractivity contribution in [2.45, 2.75) is 50.5 Å². The molecule has 1 aromatic heterocycles. The fraction of sp³-hybridized carbons (Fsp3) is 0.769. The fourth-order valence-corrected chi connectivity index (χ4v) is 3.95. The molecular weight excluding hydrogens is 280 g/mol. The monoisotopic (exact) mass is 302 g/mol. The molecule has 2 heterocycles. The Hall–Kier alpha value is -0.920. The Morgan fingerprint density at radius 2 is 2.10 bits per heavy atom. The summed E-state index contributed by atoms with van der Waals surface area (Å²) in [7, 11) is -1.95. The minimum atomic E-state index is -3.54. The lowest BCUT2D eigenvalue weighted by Crippen LogP contribution is -2.32. The Balaban J connectivity index is 2.02. The van der Waals surface area contributed by atoms with Crippen molar-refractivity contribution in [3.63, 3.8) is 0 Å². The molecule has 1 aromatic rings. The molecule has 0 radical (unpaired) electrons. The lowest BCUT2D eigenvalue weighted by molar-refractivity contribution is 0.00950. The van der Waals surface area contributed by atoms with Crippen LogP contribution in [0.15, 0.2) is 9.42 Å². The summed E-state index contributed by atoms with van der Waals surface area (Å²) in [6.07, 6.45) is 4.17. The molecule has 1 saturated heterocycles. The molecule has 1 aliphatic rings. The maximum absolute atomic E-state index is 12.5. The van der Waals surface area contributed by atoms with Crippen LogP contribution in [0.25, 0.3) is 0 Å². The topological polar surface area (TPSA) is 72.6 Å². The quantitative estimate of drug-likeness (QED) is 0.830. The van der Waals surface area contributed by atoms with Gasteiger partial charge in [-0.3, -0.25) is 0 Å². The second-order valence-electron chi connectivity index (χ2n) is 5.26. The molecule has 0 aromatic carbocycles. The van der Waals surface area contributed by atoms with Crippen molar-refractivity contribution in [2.24, 2.45) is 0 Å². The molecule has 0 amide bonds. The van der Waals surface area contributed by atoms with Crippen LogP contribution in [0.5, 0.6) is 0 Å². The number of hydrogen-bond acceptors (Lipinski definition) is 5. The molecule has 20 heavy (non-hydrogen) atoms. The smallest absolute Gasteiger partial charge is 0.248 e. The maximum atomic E-state index is 12.5. The minimum absolute atomic E-state index is 0.172. The van der Waals surface area contributed by atoms with Gasteiger partial charge in [-0.2, -0.15) is 0 Å². The predicted molar refractivity (Wildman–Crippen MR) is 74.0 cm³/mol. The average Bonchev–Trinajstić information content (AvgIpc) is 2.77. The second-order valence-corrected chi connectivity index (χ2v) is 7.24. The Labute approximate surface area is 120 Å². The summed E-state index contributed by atoms with van der Waals surface area (Å²) in [6, 6.07) is 0. The predicted octanol–water partition coefficient (Wildman–Crippen LogP) is 1.87. The lowest BCUT2D eigenvalue weighted by Gasteiger charge is -2.24. The molecule has 0 spiro atoms. The Kier molecular flexibility index (Phi) is 4.82. The highest BCUT2D eigenvalue weighted by molar-refractivity contribution is 7.89. The van der Waals surface area contributed by atoms with Crippen LogP contribution in [0, 0.1) is 13.8 Å². The number of sulfonamides is 1. The van der Waals surface area contributed by atoms with Crippen molar-refractivity contribution in [3.05, 3.63) is 11.5 Å². The van der Waals surface area contributed by atoms with Gasteiger partial charge in [0.25, 0.3) is 0 Å². The van der Waals surface area contributed by atoms with Gasteiger partial charge in [-0.25, -0.2) is 12.7 Å². The third kappa shape index (κ3) is 3.21. The van der Waals surface area contributed by atoms with E-state index in [1.165, 1.54) is 4.31 Å². The first-order valence-electron chi connectivity index (χ1n) is 6.93. The van der Waals surface area contributed by atoms with Gasteiger partial charge >= 0.3 is 0 Å². The molecule has 7 heteroatoms. The van der Waals surface area contributed by atoms with E-state index in [2.05, 4.69) is 5.16 Å². The van der Waals surface area contributed by atoms with Gasteiger partial charge in [0.2, 0.25) is 10.0 Å². The number of nitrogens with zero attached hydrogens (tertiary/aromatic N) is 2. The summed E-state index contributed by atoms with van der Waals surface area (Å²) in [5, 5.41) is 3.71. The van der Waals surface area contributed by atoms with Gasteiger partial charge in [0.1, 0.15) is 10.6 Å². The first-order chi connectivity index (χ1) is 9.43. The van der Waals surface area contributed by atoms with Crippen LogP contribution >= 0.6 is 0 Å². The lowest BCUT2D eigenvalue weighted by atomic mass is 10.1. The van der Waals surface area contributed by atoms with Gasteiger partial charge < -0.3 is 9.26 Å². The van der Waals surface area contributed by atoms with Crippen LogP contribution in [-0.4, -0.2) is 44.2 Å². The van der Waals surface area contributed by atoms with Crippen LogP contribution in [0.4, 0.5) is 0 Å². The van der Waals surface area contributed by atoms with Gasteiger partial charge in [0.05, 0.1) is 6.10 Å². The van der Waals surface area contributed by atoms with E-state index in [4.69, 9.17) is 9.26 Å². The van der Waals surface area contributed by atoms with Gasteiger partial charge in [-0.1, -0.05) is 5.16 Å². The van der Waals surface area contributed by atoms with Crippen molar-refractivity contribution in [3.8, 4) is 0 Å². The molecule has 1 atom stereocenters. The van der Waals surface area contributed by atoms with Crippen LogP contribution in [0.3, 0.4) is 0 Å². The normalized spacial score (nSPS) is 20.5. The number of hydrogen-bond donors (Lipinski definition) is 0. The van der Waals surface area contributed by atoms with Crippen molar-refractivity contribution < 1.29 is 17.7 Å². The van der Waals surface area contributed by atoms with E-state index in [1.807, 2.05) is 0 Å². The van der Waals surface area contributed by atoms with E-state index in [0.29, 0.717) is 18.0 Å². The summed E-state index contributed by atoms with van der Waals surface area (Å²) in [6.45, 7) is 4.48. The molecule has 0 bridgehead atoms. The zero-order chi connectivity index (χ0) is 14.8. The molecule has 114 valence electrons. The van der Waals surface area contributed by atoms with Gasteiger partial charge in [-0.15, -0.1) is 0 Å². The van der Waals surface area contributed by atoms with Crippen LogP contribution in [0.1, 0.15) is 37.1 Å². The largest absolute Gasteiger partial charge is 0.378 e. The van der Waals surface area contributed by atoms with Crippen LogP contribution in [0.2, 0.25) is 0 Å². The van der Waals surface area contributed by atoms with E-state index in [1.54, 1.807) is 20.9 Å². The Bertz CT molecular complexity index is 527. The van der Waals surface area contributed by atoms with E-state index in [0.717, 1.165) is 32.3 Å². The van der Waals surface area contributed by atoms with E-state index in [9.17, 15) is 8.42 Å². The third-order valence-electron chi connectivity index (χ3n) is 3.68. The second kappa shape index (κ2) is 6.24. The first kappa shape index (κ1) is 15.5. The zero-order valence-electron chi connectivity index (χ0n) is 12.3. The van der Waals surface area contributed by atoms with Crippen LogP contribution in [-0.2, 0) is 14.8 Å². The van der Waals surface area contributed by atoms with Crippen molar-refractivity contribution in [2.75, 3.05) is 20.2 Å². The summed E-state index contributed by atoms with van der Waals surface area (Å²) in [4.78, 5) is 0.185. The molecule has 1 fully saturated rings. The number of aryl methyl sites for hydroxylation is 2. The van der Waals surface area contributed by atoms with Gasteiger partial charge in [0.15, 0.2) is 5.76 Å². The standard InChI is InChI=1S/C13H22N2O4S/c1-10-13(11(2)19-14-10)20(16,17)15(3)8-7-12-6-4-5-9-18-12/h12H,4-9H2,1-3H3. The molecule has 0 N–H and O–H groups in total. The highest BCUT2D eigenvalue weighted by atomic mass is 32.2. The number of rotatable bonds is 5. The summed E-state index contributed by atoms with van der Waals surface area (Å²) < 4.78 is 36.9. The highest BCUT2D eigenvalue weighted by Gasteiger charge is 2.29. The molecule has 2 rings (SSSR count). The van der Waals surface area contributed by atoms with E-state index < -0.39 is 10.0 Å². The molecule has 1 aliphatic heterocycles. The number of aromatic nitrogens is 1. The summed E-state index contributed by atoms with van der Waals surface area (Å²) in [5.41, 5.74) is 0.406. The average molecular weight is 302 g/mol. The number of ether oxygens (including phenoxy) is 1.